The maximum atomic E-state index is 5.84. The van der Waals surface area contributed by atoms with Crippen molar-refractivity contribution in [2.45, 2.75) is 0 Å². The number of rotatable bonds is 4. The Morgan fingerprint density at radius 2 is 1.33 bits per heavy atom. The first-order valence-corrected chi connectivity index (χ1v) is 5.49. The van der Waals surface area contributed by atoms with Gasteiger partial charge in [-0.15, -0.1) is 0 Å². The fraction of sp³-hybridized carbons (Fsp3) is 0.143. The van der Waals surface area contributed by atoms with Gasteiger partial charge in [0.25, 0.3) is 0 Å². The van der Waals surface area contributed by atoms with Crippen LogP contribution in [-0.4, -0.2) is 14.2 Å². The third-order valence-electron chi connectivity index (χ3n) is 2.51. The van der Waals surface area contributed by atoms with Crippen molar-refractivity contribution < 1.29 is 14.2 Å². The first-order chi connectivity index (χ1) is 8.76. The van der Waals surface area contributed by atoms with Crippen molar-refractivity contribution in [1.29, 1.82) is 0 Å². The topological polar surface area (TPSA) is 53.7 Å². The zero-order valence-corrected chi connectivity index (χ0v) is 10.3. The summed E-state index contributed by atoms with van der Waals surface area (Å²) in [4.78, 5) is 0. The molecule has 0 bridgehead atoms. The van der Waals surface area contributed by atoms with Crippen molar-refractivity contribution >= 4 is 5.69 Å². The fourth-order valence-electron chi connectivity index (χ4n) is 1.60. The quantitative estimate of drug-likeness (QED) is 0.841. The van der Waals surface area contributed by atoms with Crippen molar-refractivity contribution in [2.75, 3.05) is 20.0 Å². The normalized spacial score (nSPS) is 9.89. The predicted molar refractivity (Wildman–Crippen MR) is 70.5 cm³/mol. The van der Waals surface area contributed by atoms with Crippen LogP contribution in [0.1, 0.15) is 0 Å². The molecular weight excluding hydrogens is 230 g/mol. The number of nitrogen functional groups attached to an aromatic ring is 1. The van der Waals surface area contributed by atoms with Gasteiger partial charge in [0.15, 0.2) is 17.2 Å². The molecule has 0 aliphatic carbocycles. The minimum absolute atomic E-state index is 0.514. The molecule has 18 heavy (non-hydrogen) atoms. The highest BCUT2D eigenvalue weighted by Crippen LogP contribution is 2.41. The van der Waals surface area contributed by atoms with Crippen LogP contribution < -0.4 is 19.9 Å². The zero-order valence-electron chi connectivity index (χ0n) is 10.3. The highest BCUT2D eigenvalue weighted by Gasteiger charge is 2.13. The lowest BCUT2D eigenvalue weighted by atomic mass is 10.2. The van der Waals surface area contributed by atoms with Crippen LogP contribution >= 0.6 is 0 Å². The molecule has 4 nitrogen and oxygen atoms in total. The standard InChI is InChI=1S/C14H15NO3/c1-16-12-8-5-9-13(17-2)14(12)18-11-7-4-3-6-10(11)15/h3-9H,15H2,1-2H3. The number of ether oxygens (including phenoxy) is 3. The van der Waals surface area contributed by atoms with Crippen LogP contribution in [0.25, 0.3) is 0 Å². The van der Waals surface area contributed by atoms with Crippen LogP contribution in [-0.2, 0) is 0 Å². The molecule has 0 fully saturated rings. The lowest BCUT2D eigenvalue weighted by Gasteiger charge is -2.14. The second kappa shape index (κ2) is 5.31. The van der Waals surface area contributed by atoms with Crippen LogP contribution in [0.3, 0.4) is 0 Å². The van der Waals surface area contributed by atoms with Crippen molar-refractivity contribution in [3.05, 3.63) is 42.5 Å². The maximum absolute atomic E-state index is 5.84. The summed E-state index contributed by atoms with van der Waals surface area (Å²) in [6.07, 6.45) is 0. The molecule has 0 amide bonds. The van der Waals surface area contributed by atoms with E-state index in [1.165, 1.54) is 0 Å². The summed E-state index contributed by atoms with van der Waals surface area (Å²) in [6, 6.07) is 12.7. The Morgan fingerprint density at radius 1 is 0.778 bits per heavy atom. The first kappa shape index (κ1) is 12.1. The van der Waals surface area contributed by atoms with Gasteiger partial charge in [0.05, 0.1) is 19.9 Å². The summed E-state index contributed by atoms with van der Waals surface area (Å²) in [6.45, 7) is 0. The molecule has 2 rings (SSSR count). The van der Waals surface area contributed by atoms with Crippen LogP contribution in [0.2, 0.25) is 0 Å². The van der Waals surface area contributed by atoms with Gasteiger partial charge < -0.3 is 19.9 Å². The lowest BCUT2D eigenvalue weighted by molar-refractivity contribution is 0.347. The average Bonchev–Trinajstić information content (AvgIpc) is 2.41. The van der Waals surface area contributed by atoms with E-state index >= 15 is 0 Å². The number of para-hydroxylation sites is 3. The Balaban J connectivity index is 2.42. The highest BCUT2D eigenvalue weighted by molar-refractivity contribution is 5.58. The summed E-state index contributed by atoms with van der Waals surface area (Å²) >= 11 is 0. The Hall–Kier alpha value is -2.36. The van der Waals surface area contributed by atoms with E-state index in [9.17, 15) is 0 Å². The van der Waals surface area contributed by atoms with E-state index in [0.29, 0.717) is 28.7 Å². The summed E-state index contributed by atoms with van der Waals surface area (Å²) in [7, 11) is 3.16. The molecule has 2 aromatic carbocycles. The number of hydrogen-bond acceptors (Lipinski definition) is 4. The molecule has 0 aliphatic rings. The zero-order chi connectivity index (χ0) is 13.0. The highest BCUT2D eigenvalue weighted by atomic mass is 16.5. The van der Waals surface area contributed by atoms with Crippen molar-refractivity contribution in [3.8, 4) is 23.0 Å². The van der Waals surface area contributed by atoms with Gasteiger partial charge in [0.2, 0.25) is 5.75 Å². The smallest absolute Gasteiger partial charge is 0.211 e. The Labute approximate surface area is 106 Å². The number of benzene rings is 2. The van der Waals surface area contributed by atoms with Gasteiger partial charge >= 0.3 is 0 Å². The summed E-state index contributed by atoms with van der Waals surface area (Å²) in [5.41, 5.74) is 6.41. The molecular formula is C14H15NO3. The van der Waals surface area contributed by atoms with Crippen LogP contribution in [0.15, 0.2) is 42.5 Å². The Kier molecular flexibility index (Phi) is 3.57. The van der Waals surface area contributed by atoms with Crippen molar-refractivity contribution in [3.63, 3.8) is 0 Å². The van der Waals surface area contributed by atoms with Crippen molar-refractivity contribution in [1.82, 2.24) is 0 Å². The molecule has 0 spiro atoms. The molecule has 2 N–H and O–H groups in total. The number of nitrogens with two attached hydrogens (primary N) is 1. The van der Waals surface area contributed by atoms with Gasteiger partial charge in [0.1, 0.15) is 0 Å². The molecule has 4 heteroatoms. The van der Waals surface area contributed by atoms with E-state index in [4.69, 9.17) is 19.9 Å². The minimum Gasteiger partial charge on any atom is -0.493 e. The van der Waals surface area contributed by atoms with Crippen molar-refractivity contribution in [2.24, 2.45) is 0 Å². The molecule has 0 heterocycles. The number of methoxy groups -OCH3 is 2. The van der Waals surface area contributed by atoms with Gasteiger partial charge in [-0.05, 0) is 24.3 Å². The molecule has 0 unspecified atom stereocenters. The first-order valence-electron chi connectivity index (χ1n) is 5.49. The monoisotopic (exact) mass is 245 g/mol. The summed E-state index contributed by atoms with van der Waals surface area (Å²) in [5, 5.41) is 0. The average molecular weight is 245 g/mol. The largest absolute Gasteiger partial charge is 0.493 e. The molecule has 0 aromatic heterocycles. The fourth-order valence-corrected chi connectivity index (χ4v) is 1.60. The second-order valence-electron chi connectivity index (χ2n) is 3.63. The molecule has 2 aromatic rings. The van der Waals surface area contributed by atoms with Gasteiger partial charge in [-0.25, -0.2) is 0 Å². The Morgan fingerprint density at radius 3 is 1.89 bits per heavy atom. The van der Waals surface area contributed by atoms with E-state index in [2.05, 4.69) is 0 Å². The molecule has 0 aliphatic heterocycles. The third-order valence-corrected chi connectivity index (χ3v) is 2.51. The molecule has 0 saturated heterocycles. The van der Waals surface area contributed by atoms with E-state index in [-0.39, 0.29) is 0 Å². The molecule has 94 valence electrons. The lowest BCUT2D eigenvalue weighted by Crippen LogP contribution is -1.96. The van der Waals surface area contributed by atoms with E-state index in [0.717, 1.165) is 0 Å². The minimum atomic E-state index is 0.514. The molecule has 0 radical (unpaired) electrons. The van der Waals surface area contributed by atoms with Crippen LogP contribution in [0.5, 0.6) is 23.0 Å². The van der Waals surface area contributed by atoms with Gasteiger partial charge in [0, 0.05) is 0 Å². The van der Waals surface area contributed by atoms with E-state index in [1.807, 2.05) is 18.2 Å². The van der Waals surface area contributed by atoms with Gasteiger partial charge in [-0.3, -0.25) is 0 Å². The Bertz CT molecular complexity index is 518. The van der Waals surface area contributed by atoms with E-state index < -0.39 is 0 Å². The van der Waals surface area contributed by atoms with E-state index in [1.54, 1.807) is 38.5 Å². The van der Waals surface area contributed by atoms with Gasteiger partial charge in [-0.1, -0.05) is 18.2 Å². The molecule has 0 atom stereocenters. The third kappa shape index (κ3) is 2.32. The van der Waals surface area contributed by atoms with Crippen LogP contribution in [0.4, 0.5) is 5.69 Å². The predicted octanol–water partition coefficient (Wildman–Crippen LogP) is 3.08. The van der Waals surface area contributed by atoms with Gasteiger partial charge in [-0.2, -0.15) is 0 Å². The maximum Gasteiger partial charge on any atom is 0.211 e. The van der Waals surface area contributed by atoms with Crippen LogP contribution in [0, 0.1) is 0 Å². The molecule has 0 saturated carbocycles. The summed E-state index contributed by atoms with van der Waals surface area (Å²) < 4.78 is 16.3. The second-order valence-corrected chi connectivity index (χ2v) is 3.63. The summed E-state index contributed by atoms with van der Waals surface area (Å²) in [5.74, 6) is 2.27. The SMILES string of the molecule is COc1cccc(OC)c1Oc1ccccc1N. The number of anilines is 1. The number of hydrogen-bond donors (Lipinski definition) is 1.